The molecule has 0 aliphatic rings. The third-order valence-corrected chi connectivity index (χ3v) is 2.12. The summed E-state index contributed by atoms with van der Waals surface area (Å²) in [7, 11) is 0. The van der Waals surface area contributed by atoms with Crippen molar-refractivity contribution in [3.05, 3.63) is 32.5 Å². The normalized spacial score (nSPS) is 9.93. The van der Waals surface area contributed by atoms with E-state index in [1.54, 1.807) is 6.92 Å². The lowest BCUT2D eigenvalue weighted by molar-refractivity contribution is -0.387. The van der Waals surface area contributed by atoms with E-state index in [4.69, 9.17) is 4.74 Å². The van der Waals surface area contributed by atoms with E-state index >= 15 is 0 Å². The quantitative estimate of drug-likeness (QED) is 0.623. The van der Waals surface area contributed by atoms with Crippen molar-refractivity contribution in [3.8, 4) is 5.75 Å². The number of rotatable bonds is 3. The molecule has 0 fully saturated rings. The van der Waals surface area contributed by atoms with Crippen molar-refractivity contribution in [2.24, 2.45) is 0 Å². The molecule has 0 saturated heterocycles. The fraction of sp³-hybridized carbons (Fsp3) is 0.250. The molecule has 0 amide bonds. The summed E-state index contributed by atoms with van der Waals surface area (Å²) in [4.78, 5) is 9.57. The molecular formula is C8H7BrFNO3. The molecule has 0 atom stereocenters. The van der Waals surface area contributed by atoms with Gasteiger partial charge in [0.2, 0.25) is 5.82 Å². The molecule has 0 radical (unpaired) electrons. The molecule has 0 spiro atoms. The van der Waals surface area contributed by atoms with Crippen molar-refractivity contribution in [1.82, 2.24) is 0 Å². The molecule has 4 nitrogen and oxygen atoms in total. The van der Waals surface area contributed by atoms with Crippen LogP contribution in [0.3, 0.4) is 0 Å². The van der Waals surface area contributed by atoms with E-state index < -0.39 is 16.4 Å². The molecule has 0 unspecified atom stereocenters. The van der Waals surface area contributed by atoms with Crippen LogP contribution in [0.5, 0.6) is 5.75 Å². The van der Waals surface area contributed by atoms with Gasteiger partial charge in [-0.05, 0) is 22.9 Å². The number of hydrogen-bond donors (Lipinski definition) is 0. The van der Waals surface area contributed by atoms with Crippen LogP contribution in [0.1, 0.15) is 6.92 Å². The van der Waals surface area contributed by atoms with Gasteiger partial charge < -0.3 is 4.74 Å². The van der Waals surface area contributed by atoms with Crippen molar-refractivity contribution in [2.75, 3.05) is 6.61 Å². The second-order valence-corrected chi connectivity index (χ2v) is 3.28. The summed E-state index contributed by atoms with van der Waals surface area (Å²) in [6, 6.07) is 2.08. The van der Waals surface area contributed by atoms with E-state index in [1.165, 1.54) is 0 Å². The first-order valence-electron chi connectivity index (χ1n) is 3.82. The Balaban J connectivity index is 3.17. The second-order valence-electron chi connectivity index (χ2n) is 2.42. The summed E-state index contributed by atoms with van der Waals surface area (Å²) in [5.41, 5.74) is -0.569. The predicted octanol–water partition coefficient (Wildman–Crippen LogP) is 2.90. The fourth-order valence-corrected chi connectivity index (χ4v) is 1.37. The highest BCUT2D eigenvalue weighted by Gasteiger charge is 2.17. The zero-order chi connectivity index (χ0) is 10.7. The molecule has 1 aromatic rings. The van der Waals surface area contributed by atoms with Gasteiger partial charge in [-0.25, -0.2) is 0 Å². The molecule has 0 aliphatic heterocycles. The average Bonchev–Trinajstić information content (AvgIpc) is 2.10. The van der Waals surface area contributed by atoms with Crippen LogP contribution < -0.4 is 4.74 Å². The molecule has 0 heterocycles. The maximum atomic E-state index is 13.1. The first kappa shape index (κ1) is 10.9. The number of hydrogen-bond acceptors (Lipinski definition) is 3. The minimum absolute atomic E-state index is 0.260. The predicted molar refractivity (Wildman–Crippen MR) is 51.9 cm³/mol. The summed E-state index contributed by atoms with van der Waals surface area (Å²) < 4.78 is 18.5. The van der Waals surface area contributed by atoms with E-state index in [-0.39, 0.29) is 5.75 Å². The van der Waals surface area contributed by atoms with Gasteiger partial charge in [-0.2, -0.15) is 4.39 Å². The lowest BCUT2D eigenvalue weighted by atomic mass is 10.3. The molecule has 0 bridgehead atoms. The first-order chi connectivity index (χ1) is 6.56. The van der Waals surface area contributed by atoms with Crippen LogP contribution in [-0.4, -0.2) is 11.5 Å². The minimum atomic E-state index is -0.901. The fourth-order valence-electron chi connectivity index (χ4n) is 0.924. The molecule has 0 aromatic heterocycles. The topological polar surface area (TPSA) is 52.4 Å². The zero-order valence-corrected chi connectivity index (χ0v) is 8.88. The maximum Gasteiger partial charge on any atom is 0.306 e. The van der Waals surface area contributed by atoms with Gasteiger partial charge in [0.25, 0.3) is 0 Å². The van der Waals surface area contributed by atoms with Crippen molar-refractivity contribution in [1.29, 1.82) is 0 Å². The second kappa shape index (κ2) is 4.36. The monoisotopic (exact) mass is 263 g/mol. The molecule has 1 rings (SSSR count). The van der Waals surface area contributed by atoms with E-state index in [0.29, 0.717) is 11.1 Å². The van der Waals surface area contributed by atoms with Gasteiger partial charge in [0.1, 0.15) is 5.75 Å². The summed E-state index contributed by atoms with van der Waals surface area (Å²) >= 11 is 3.05. The average molecular weight is 264 g/mol. The Morgan fingerprint density at radius 2 is 2.29 bits per heavy atom. The maximum absolute atomic E-state index is 13.1. The number of nitrogens with zero attached hydrogens (tertiary/aromatic N) is 1. The van der Waals surface area contributed by atoms with Crippen LogP contribution in [0.2, 0.25) is 0 Å². The van der Waals surface area contributed by atoms with Crippen LogP contribution in [0, 0.1) is 15.9 Å². The minimum Gasteiger partial charge on any atom is -0.493 e. The lowest BCUT2D eigenvalue weighted by Gasteiger charge is -2.05. The Morgan fingerprint density at radius 1 is 1.64 bits per heavy atom. The van der Waals surface area contributed by atoms with Crippen LogP contribution in [0.15, 0.2) is 16.6 Å². The molecule has 76 valence electrons. The molecule has 0 aliphatic carbocycles. The molecule has 0 saturated carbocycles. The van der Waals surface area contributed by atoms with Gasteiger partial charge >= 0.3 is 5.69 Å². The number of ether oxygens (including phenoxy) is 1. The Kier molecular flexibility index (Phi) is 3.40. The standard InChI is InChI=1S/C8H7BrFNO3/c1-2-14-8-4-6(10)7(11(12)13)3-5(8)9/h3-4H,2H2,1H3. The molecule has 6 heteroatoms. The van der Waals surface area contributed by atoms with Gasteiger partial charge in [-0.15, -0.1) is 0 Å². The van der Waals surface area contributed by atoms with Gasteiger partial charge in [-0.3, -0.25) is 10.1 Å². The van der Waals surface area contributed by atoms with Crippen molar-refractivity contribution >= 4 is 21.6 Å². The molecule has 1 aromatic carbocycles. The van der Waals surface area contributed by atoms with Crippen molar-refractivity contribution in [2.45, 2.75) is 6.92 Å². The smallest absolute Gasteiger partial charge is 0.306 e. The Morgan fingerprint density at radius 3 is 2.79 bits per heavy atom. The summed E-state index contributed by atoms with van der Waals surface area (Å²) in [5, 5.41) is 10.3. The van der Waals surface area contributed by atoms with E-state index in [0.717, 1.165) is 12.1 Å². The third kappa shape index (κ3) is 2.20. The Hall–Kier alpha value is -1.17. The van der Waals surface area contributed by atoms with E-state index in [1.807, 2.05) is 0 Å². The van der Waals surface area contributed by atoms with E-state index in [2.05, 4.69) is 15.9 Å². The van der Waals surface area contributed by atoms with Gasteiger partial charge in [-0.1, -0.05) is 0 Å². The summed E-state index contributed by atoms with van der Waals surface area (Å²) in [6.07, 6.45) is 0. The Bertz CT molecular complexity index is 370. The Labute approximate surface area is 88.0 Å². The van der Waals surface area contributed by atoms with E-state index in [9.17, 15) is 14.5 Å². The van der Waals surface area contributed by atoms with Gasteiger partial charge in [0.05, 0.1) is 16.0 Å². The third-order valence-electron chi connectivity index (χ3n) is 1.50. The van der Waals surface area contributed by atoms with Crippen LogP contribution in [0.4, 0.5) is 10.1 Å². The lowest BCUT2D eigenvalue weighted by Crippen LogP contribution is -1.97. The van der Waals surface area contributed by atoms with Gasteiger partial charge in [0, 0.05) is 12.1 Å². The molecule has 14 heavy (non-hydrogen) atoms. The van der Waals surface area contributed by atoms with Crippen LogP contribution >= 0.6 is 15.9 Å². The zero-order valence-electron chi connectivity index (χ0n) is 7.29. The highest BCUT2D eigenvalue weighted by atomic mass is 79.9. The highest BCUT2D eigenvalue weighted by molar-refractivity contribution is 9.10. The van der Waals surface area contributed by atoms with Crippen LogP contribution in [-0.2, 0) is 0 Å². The van der Waals surface area contributed by atoms with Crippen molar-refractivity contribution < 1.29 is 14.1 Å². The molecular weight excluding hydrogens is 257 g/mol. The summed E-state index contributed by atoms with van der Waals surface area (Å²) in [5.74, 6) is -0.641. The number of halogens is 2. The SMILES string of the molecule is CCOc1cc(F)c([N+](=O)[O-])cc1Br. The highest BCUT2D eigenvalue weighted by Crippen LogP contribution is 2.31. The van der Waals surface area contributed by atoms with Gasteiger partial charge in [0.15, 0.2) is 0 Å². The van der Waals surface area contributed by atoms with Crippen LogP contribution in [0.25, 0.3) is 0 Å². The number of benzene rings is 1. The number of nitro benzene ring substituents is 1. The first-order valence-corrected chi connectivity index (χ1v) is 4.61. The summed E-state index contributed by atoms with van der Waals surface area (Å²) in [6.45, 7) is 2.11. The molecule has 0 N–H and O–H groups in total. The van der Waals surface area contributed by atoms with Crippen molar-refractivity contribution in [3.63, 3.8) is 0 Å². The number of nitro groups is 1. The largest absolute Gasteiger partial charge is 0.493 e.